The monoisotopic (exact) mass is 551 g/mol. The summed E-state index contributed by atoms with van der Waals surface area (Å²) in [5.41, 5.74) is -0.824. The number of alkyl halides is 6. The SMILES string of the molecule is COc1ccc(N2CCN(C([CH]Cc3cc(C(F)(F)F)cc(C(F)(F)F)c3)c3ccccc3)CC2)c(OC)c1. The fourth-order valence-corrected chi connectivity index (χ4v) is 4.82. The second-order valence-corrected chi connectivity index (χ2v) is 9.27. The normalized spacial score (nSPS) is 15.7. The lowest BCUT2D eigenvalue weighted by atomic mass is 9.95. The molecule has 3 aromatic rings. The van der Waals surface area contributed by atoms with E-state index in [9.17, 15) is 26.3 Å². The predicted octanol–water partition coefficient (Wildman–Crippen LogP) is 7.05. The van der Waals surface area contributed by atoms with Crippen LogP contribution in [-0.2, 0) is 18.8 Å². The molecule has 0 bridgehead atoms. The van der Waals surface area contributed by atoms with E-state index in [1.807, 2.05) is 48.5 Å². The standard InChI is InChI=1S/C29H29F6N2O2/c1-38-24-9-11-26(27(19-24)39-2)37-14-12-36(13-15-37)25(21-6-4-3-5-7-21)10-8-20-16-22(28(30,31)32)18-23(17-20)29(33,34)35/h3-7,9-11,16-19,25H,8,12-15H2,1-2H3. The molecule has 1 aliphatic heterocycles. The van der Waals surface area contributed by atoms with Crippen molar-refractivity contribution in [2.75, 3.05) is 45.3 Å². The highest BCUT2D eigenvalue weighted by Crippen LogP contribution is 2.38. The number of hydrogen-bond donors (Lipinski definition) is 0. The molecule has 4 rings (SSSR count). The first-order valence-electron chi connectivity index (χ1n) is 12.4. The molecule has 1 atom stereocenters. The van der Waals surface area contributed by atoms with E-state index in [1.165, 1.54) is 0 Å². The summed E-state index contributed by atoms with van der Waals surface area (Å²) in [5.74, 6) is 1.36. The van der Waals surface area contributed by atoms with Gasteiger partial charge < -0.3 is 14.4 Å². The number of hydrogen-bond acceptors (Lipinski definition) is 4. The smallest absolute Gasteiger partial charge is 0.416 e. The maximum atomic E-state index is 13.4. The molecule has 1 aliphatic rings. The van der Waals surface area contributed by atoms with Crippen molar-refractivity contribution < 1.29 is 35.8 Å². The predicted molar refractivity (Wildman–Crippen MR) is 137 cm³/mol. The van der Waals surface area contributed by atoms with Gasteiger partial charge in [0.25, 0.3) is 0 Å². The Morgan fingerprint density at radius 1 is 0.769 bits per heavy atom. The Labute approximate surface area is 223 Å². The van der Waals surface area contributed by atoms with Gasteiger partial charge in [-0.2, -0.15) is 26.3 Å². The Kier molecular flexibility index (Phi) is 8.64. The first kappa shape index (κ1) is 28.6. The van der Waals surface area contributed by atoms with Crippen molar-refractivity contribution in [2.24, 2.45) is 0 Å². The zero-order chi connectivity index (χ0) is 28.2. The van der Waals surface area contributed by atoms with Crippen molar-refractivity contribution >= 4 is 5.69 Å². The summed E-state index contributed by atoms with van der Waals surface area (Å²) < 4.78 is 91.0. The van der Waals surface area contributed by atoms with Crippen molar-refractivity contribution in [1.82, 2.24) is 4.90 Å². The second kappa shape index (κ2) is 11.8. The van der Waals surface area contributed by atoms with Crippen LogP contribution in [0.1, 0.15) is 28.3 Å². The van der Waals surface area contributed by atoms with Crippen LogP contribution in [0.2, 0.25) is 0 Å². The molecule has 1 radical (unpaired) electrons. The van der Waals surface area contributed by atoms with Gasteiger partial charge in [0.1, 0.15) is 11.5 Å². The number of piperazine rings is 1. The van der Waals surface area contributed by atoms with Crippen molar-refractivity contribution in [3.8, 4) is 11.5 Å². The fourth-order valence-electron chi connectivity index (χ4n) is 4.82. The lowest BCUT2D eigenvalue weighted by Gasteiger charge is -2.41. The van der Waals surface area contributed by atoms with Gasteiger partial charge in [-0.25, -0.2) is 0 Å². The molecule has 1 heterocycles. The van der Waals surface area contributed by atoms with Crippen molar-refractivity contribution in [1.29, 1.82) is 0 Å². The molecule has 10 heteroatoms. The Morgan fingerprint density at radius 2 is 1.38 bits per heavy atom. The van der Waals surface area contributed by atoms with E-state index in [2.05, 4.69) is 9.80 Å². The quantitative estimate of drug-likeness (QED) is 0.280. The van der Waals surface area contributed by atoms with Crippen molar-refractivity contribution in [3.63, 3.8) is 0 Å². The van der Waals surface area contributed by atoms with E-state index >= 15 is 0 Å². The Balaban J connectivity index is 1.54. The first-order chi connectivity index (χ1) is 18.5. The number of methoxy groups -OCH3 is 2. The Bertz CT molecular complexity index is 1210. The number of halogens is 6. The van der Waals surface area contributed by atoms with E-state index in [0.29, 0.717) is 37.7 Å². The van der Waals surface area contributed by atoms with Crippen molar-refractivity contribution in [2.45, 2.75) is 24.8 Å². The number of nitrogens with zero attached hydrogens (tertiary/aromatic N) is 2. The van der Waals surface area contributed by atoms with Crippen LogP contribution >= 0.6 is 0 Å². The first-order valence-corrected chi connectivity index (χ1v) is 12.4. The summed E-state index contributed by atoms with van der Waals surface area (Å²) in [4.78, 5) is 4.36. The van der Waals surface area contributed by atoms with Gasteiger partial charge in [-0.15, -0.1) is 0 Å². The van der Waals surface area contributed by atoms with Crippen LogP contribution < -0.4 is 14.4 Å². The molecule has 0 saturated carbocycles. The van der Waals surface area contributed by atoms with Crippen molar-refractivity contribution in [3.05, 3.63) is 95.4 Å². The van der Waals surface area contributed by atoms with Gasteiger partial charge in [0.2, 0.25) is 0 Å². The van der Waals surface area contributed by atoms with Gasteiger partial charge in [-0.3, -0.25) is 4.90 Å². The van der Waals surface area contributed by atoms with Crippen LogP contribution in [0.5, 0.6) is 11.5 Å². The number of ether oxygens (including phenoxy) is 2. The number of rotatable bonds is 8. The molecular weight excluding hydrogens is 522 g/mol. The van der Waals surface area contributed by atoms with Crippen LogP contribution in [0, 0.1) is 6.42 Å². The third-order valence-corrected chi connectivity index (χ3v) is 6.80. The molecule has 1 unspecified atom stereocenters. The van der Waals surface area contributed by atoms with E-state index in [0.717, 1.165) is 23.4 Å². The van der Waals surface area contributed by atoms with E-state index < -0.39 is 23.5 Å². The maximum absolute atomic E-state index is 13.4. The minimum Gasteiger partial charge on any atom is -0.497 e. The van der Waals surface area contributed by atoms with E-state index in [1.54, 1.807) is 20.6 Å². The second-order valence-electron chi connectivity index (χ2n) is 9.27. The van der Waals surface area contributed by atoms with Crippen LogP contribution in [0.4, 0.5) is 32.0 Å². The lowest BCUT2D eigenvalue weighted by molar-refractivity contribution is -0.143. The highest BCUT2D eigenvalue weighted by molar-refractivity contribution is 5.61. The summed E-state index contributed by atoms with van der Waals surface area (Å²) in [6.07, 6.45) is -8.03. The minimum absolute atomic E-state index is 0.0420. The summed E-state index contributed by atoms with van der Waals surface area (Å²) in [6, 6.07) is 16.4. The highest BCUT2D eigenvalue weighted by Gasteiger charge is 2.37. The molecular formula is C29H29F6N2O2. The summed E-state index contributed by atoms with van der Waals surface area (Å²) in [5, 5.41) is 0. The lowest BCUT2D eigenvalue weighted by Crippen LogP contribution is -2.48. The van der Waals surface area contributed by atoms with E-state index in [-0.39, 0.29) is 24.1 Å². The van der Waals surface area contributed by atoms with Gasteiger partial charge in [0.05, 0.1) is 31.0 Å². The number of anilines is 1. The zero-order valence-electron chi connectivity index (χ0n) is 21.5. The summed E-state index contributed by atoms with van der Waals surface area (Å²) >= 11 is 0. The largest absolute Gasteiger partial charge is 0.497 e. The average Bonchev–Trinajstić information content (AvgIpc) is 2.92. The molecule has 0 spiro atoms. The molecule has 1 saturated heterocycles. The molecule has 0 N–H and O–H groups in total. The number of benzene rings is 3. The van der Waals surface area contributed by atoms with Gasteiger partial charge in [-0.1, -0.05) is 30.3 Å². The fraction of sp³-hybridized carbons (Fsp3) is 0.345. The molecule has 0 aliphatic carbocycles. The van der Waals surface area contributed by atoms with Crippen LogP contribution in [0.3, 0.4) is 0 Å². The highest BCUT2D eigenvalue weighted by atomic mass is 19.4. The third kappa shape index (κ3) is 6.98. The van der Waals surface area contributed by atoms with E-state index in [4.69, 9.17) is 9.47 Å². The average molecular weight is 552 g/mol. The summed E-state index contributed by atoms with van der Waals surface area (Å²) in [6.45, 7) is 2.56. The Hall–Kier alpha value is -3.40. The zero-order valence-corrected chi connectivity index (χ0v) is 21.5. The molecule has 39 heavy (non-hydrogen) atoms. The molecule has 4 nitrogen and oxygen atoms in total. The molecule has 0 aromatic heterocycles. The summed E-state index contributed by atoms with van der Waals surface area (Å²) in [7, 11) is 3.17. The van der Waals surface area contributed by atoms with Gasteiger partial charge in [0.15, 0.2) is 0 Å². The molecule has 1 fully saturated rings. The molecule has 3 aromatic carbocycles. The van der Waals surface area contributed by atoms with Gasteiger partial charge in [-0.05, 0) is 54.3 Å². The van der Waals surface area contributed by atoms with Crippen LogP contribution in [0.15, 0.2) is 66.7 Å². The van der Waals surface area contributed by atoms with Crippen LogP contribution in [0.25, 0.3) is 0 Å². The maximum Gasteiger partial charge on any atom is 0.416 e. The van der Waals surface area contributed by atoms with Crippen LogP contribution in [-0.4, -0.2) is 45.3 Å². The van der Waals surface area contributed by atoms with Gasteiger partial charge in [0, 0.05) is 38.3 Å². The third-order valence-electron chi connectivity index (χ3n) is 6.80. The van der Waals surface area contributed by atoms with Gasteiger partial charge >= 0.3 is 12.4 Å². The Morgan fingerprint density at radius 3 is 1.92 bits per heavy atom. The minimum atomic E-state index is -4.88. The molecule has 0 amide bonds. The molecule has 209 valence electrons. The topological polar surface area (TPSA) is 24.9 Å².